The van der Waals surface area contributed by atoms with E-state index in [0.29, 0.717) is 18.8 Å². The van der Waals surface area contributed by atoms with Crippen LogP contribution in [0.5, 0.6) is 0 Å². The first kappa shape index (κ1) is 18.2. The van der Waals surface area contributed by atoms with Crippen LogP contribution < -0.4 is 4.90 Å². The molecule has 140 valence electrons. The van der Waals surface area contributed by atoms with E-state index in [0.717, 1.165) is 23.4 Å². The van der Waals surface area contributed by atoms with Crippen LogP contribution in [0.2, 0.25) is 0 Å². The van der Waals surface area contributed by atoms with Crippen LogP contribution in [0.15, 0.2) is 62.9 Å². The molecule has 2 aromatic carbocycles. The Kier molecular flexibility index (Phi) is 4.55. The first-order valence-electron chi connectivity index (χ1n) is 8.48. The summed E-state index contributed by atoms with van der Waals surface area (Å²) in [4.78, 5) is 15.6. The van der Waals surface area contributed by atoms with Gasteiger partial charge in [-0.05, 0) is 49.2 Å². The largest absolute Gasteiger partial charge is 0.338 e. The third-order valence-electron chi connectivity index (χ3n) is 4.70. The van der Waals surface area contributed by atoms with Gasteiger partial charge < -0.3 is 9.80 Å². The number of likely N-dealkylation sites (tertiary alicyclic amines) is 1. The maximum Gasteiger partial charge on any atom is 0.267 e. The van der Waals surface area contributed by atoms with Crippen LogP contribution in [0.1, 0.15) is 12.8 Å². The molecule has 2 aliphatic rings. The number of fused-ring (bicyclic) bond motifs is 1. The fraction of sp³-hybridized carbons (Fsp3) is 0.211. The van der Waals surface area contributed by atoms with Gasteiger partial charge in [0.05, 0.1) is 10.6 Å². The smallest absolute Gasteiger partial charge is 0.267 e. The molecule has 0 aromatic heterocycles. The molecule has 1 saturated heterocycles. The molecule has 2 heterocycles. The van der Waals surface area contributed by atoms with Gasteiger partial charge in [0.25, 0.3) is 5.91 Å². The van der Waals surface area contributed by atoms with Crippen molar-refractivity contribution in [3.63, 3.8) is 0 Å². The topological polar surface area (TPSA) is 57.7 Å². The molecular weight excluding hydrogens is 435 g/mol. The second-order valence-corrected chi connectivity index (χ2v) is 9.26. The van der Waals surface area contributed by atoms with Crippen LogP contribution in [-0.2, 0) is 14.6 Å². The summed E-state index contributed by atoms with van der Waals surface area (Å²) in [6.45, 7) is 1.08. The summed E-state index contributed by atoms with van der Waals surface area (Å²) < 4.78 is 40.8. The lowest BCUT2D eigenvalue weighted by molar-refractivity contribution is -0.125. The van der Waals surface area contributed by atoms with Gasteiger partial charge in [-0.2, -0.15) is 0 Å². The van der Waals surface area contributed by atoms with Crippen molar-refractivity contribution in [2.45, 2.75) is 17.7 Å². The summed E-state index contributed by atoms with van der Waals surface area (Å²) in [6.07, 6.45) is 3.02. The van der Waals surface area contributed by atoms with E-state index >= 15 is 0 Å². The van der Waals surface area contributed by atoms with E-state index in [4.69, 9.17) is 0 Å². The molecule has 0 spiro atoms. The Hall–Kier alpha value is -2.19. The number of anilines is 2. The van der Waals surface area contributed by atoms with Crippen molar-refractivity contribution in [1.82, 2.24) is 4.90 Å². The Morgan fingerprint density at radius 3 is 2.52 bits per heavy atom. The number of hydrogen-bond donors (Lipinski definition) is 0. The molecule has 2 aliphatic heterocycles. The first-order valence-corrected chi connectivity index (χ1v) is 10.8. The highest BCUT2D eigenvalue weighted by molar-refractivity contribution is 9.10. The standard InChI is InChI=1S/C19H16BrFN2O3S/c20-13-4-3-5-15(10-13)23-12-18(19(24)22-8-1-2-9-22)27(25,26)17-7-6-14(21)11-16(17)23/h3-7,10-12H,1-2,8-9H2. The van der Waals surface area contributed by atoms with Crippen molar-refractivity contribution in [2.75, 3.05) is 18.0 Å². The predicted molar refractivity (Wildman–Crippen MR) is 104 cm³/mol. The summed E-state index contributed by atoms with van der Waals surface area (Å²) in [5, 5.41) is 0. The lowest BCUT2D eigenvalue weighted by Crippen LogP contribution is -2.35. The van der Waals surface area contributed by atoms with Gasteiger partial charge in [-0.15, -0.1) is 0 Å². The predicted octanol–water partition coefficient (Wildman–Crippen LogP) is 3.98. The first-order chi connectivity index (χ1) is 12.9. The van der Waals surface area contributed by atoms with Gasteiger partial charge >= 0.3 is 0 Å². The Balaban J connectivity index is 1.91. The fourth-order valence-corrected chi connectivity index (χ4v) is 5.27. The van der Waals surface area contributed by atoms with Gasteiger partial charge in [0, 0.05) is 29.4 Å². The number of nitrogens with zero attached hydrogens (tertiary/aromatic N) is 2. The van der Waals surface area contributed by atoms with Crippen molar-refractivity contribution in [3.8, 4) is 0 Å². The molecule has 5 nitrogen and oxygen atoms in total. The highest BCUT2D eigenvalue weighted by Gasteiger charge is 2.38. The van der Waals surface area contributed by atoms with E-state index in [-0.39, 0.29) is 15.5 Å². The van der Waals surface area contributed by atoms with Crippen molar-refractivity contribution in [2.24, 2.45) is 0 Å². The fourth-order valence-electron chi connectivity index (χ4n) is 3.37. The molecule has 1 amide bonds. The summed E-state index contributed by atoms with van der Waals surface area (Å²) in [6, 6.07) is 10.6. The van der Waals surface area contributed by atoms with E-state index in [1.165, 1.54) is 18.3 Å². The zero-order chi connectivity index (χ0) is 19.2. The number of hydrogen-bond acceptors (Lipinski definition) is 4. The number of carbonyl (C=O) groups is 1. The molecular formula is C19H16BrFN2O3S. The summed E-state index contributed by atoms with van der Waals surface area (Å²) in [7, 11) is -4.04. The molecule has 4 rings (SSSR count). The highest BCUT2D eigenvalue weighted by atomic mass is 79.9. The van der Waals surface area contributed by atoms with E-state index < -0.39 is 21.6 Å². The van der Waals surface area contributed by atoms with Gasteiger partial charge in [0.15, 0.2) is 4.91 Å². The summed E-state index contributed by atoms with van der Waals surface area (Å²) >= 11 is 3.39. The maximum absolute atomic E-state index is 13.9. The average molecular weight is 451 g/mol. The minimum atomic E-state index is -4.04. The average Bonchev–Trinajstić information content (AvgIpc) is 3.15. The Bertz CT molecular complexity index is 1060. The molecule has 0 unspecified atom stereocenters. The monoisotopic (exact) mass is 450 g/mol. The van der Waals surface area contributed by atoms with Gasteiger partial charge in [0.1, 0.15) is 5.82 Å². The maximum atomic E-state index is 13.9. The molecule has 1 fully saturated rings. The van der Waals surface area contributed by atoms with Crippen LogP contribution in [0.3, 0.4) is 0 Å². The van der Waals surface area contributed by atoms with Crippen LogP contribution in [-0.4, -0.2) is 32.3 Å². The van der Waals surface area contributed by atoms with Gasteiger partial charge in [0.2, 0.25) is 9.84 Å². The zero-order valence-electron chi connectivity index (χ0n) is 14.2. The summed E-state index contributed by atoms with van der Waals surface area (Å²) in [5.74, 6) is -1.06. The highest BCUT2D eigenvalue weighted by Crippen LogP contribution is 2.41. The number of halogens is 2. The lowest BCUT2D eigenvalue weighted by atomic mass is 10.2. The molecule has 0 saturated carbocycles. The molecule has 0 radical (unpaired) electrons. The van der Waals surface area contributed by atoms with E-state index in [1.54, 1.807) is 28.0 Å². The van der Waals surface area contributed by atoms with E-state index in [2.05, 4.69) is 15.9 Å². The van der Waals surface area contributed by atoms with Crippen molar-refractivity contribution in [1.29, 1.82) is 0 Å². The SMILES string of the molecule is O=C(C1=CN(c2cccc(Br)c2)c2cc(F)ccc2S1(=O)=O)N1CCCC1. The van der Waals surface area contributed by atoms with Crippen LogP contribution in [0.4, 0.5) is 15.8 Å². The van der Waals surface area contributed by atoms with Crippen molar-refractivity contribution in [3.05, 3.63) is 63.9 Å². The zero-order valence-corrected chi connectivity index (χ0v) is 16.6. The Morgan fingerprint density at radius 2 is 1.81 bits per heavy atom. The third-order valence-corrected chi connectivity index (χ3v) is 6.97. The third kappa shape index (κ3) is 3.17. The van der Waals surface area contributed by atoms with Crippen molar-refractivity contribution < 1.29 is 17.6 Å². The normalized spacial score (nSPS) is 18.2. The molecule has 2 aromatic rings. The second-order valence-electron chi connectivity index (χ2n) is 6.46. The number of rotatable bonds is 2. The van der Waals surface area contributed by atoms with Crippen LogP contribution in [0.25, 0.3) is 0 Å². The molecule has 0 N–H and O–H groups in total. The van der Waals surface area contributed by atoms with E-state index in [9.17, 15) is 17.6 Å². The van der Waals surface area contributed by atoms with Crippen LogP contribution in [0, 0.1) is 5.82 Å². The number of amides is 1. The molecule has 27 heavy (non-hydrogen) atoms. The number of sulfone groups is 1. The molecule has 0 atom stereocenters. The molecule has 8 heteroatoms. The van der Waals surface area contributed by atoms with Gasteiger partial charge in [-0.1, -0.05) is 22.0 Å². The number of benzene rings is 2. The minimum Gasteiger partial charge on any atom is -0.338 e. The lowest BCUT2D eigenvalue weighted by Gasteiger charge is -2.30. The van der Waals surface area contributed by atoms with Crippen molar-refractivity contribution >= 4 is 43.0 Å². The second kappa shape index (κ2) is 6.76. The van der Waals surface area contributed by atoms with Crippen LogP contribution >= 0.6 is 15.9 Å². The molecule has 0 bridgehead atoms. The van der Waals surface area contributed by atoms with Gasteiger partial charge in [-0.25, -0.2) is 12.8 Å². The number of carbonyl (C=O) groups excluding carboxylic acids is 1. The quantitative estimate of drug-likeness (QED) is 0.649. The van der Waals surface area contributed by atoms with Gasteiger partial charge in [-0.3, -0.25) is 4.79 Å². The Labute approximate surface area is 165 Å². The van der Waals surface area contributed by atoms with E-state index in [1.807, 2.05) is 6.07 Å². The Morgan fingerprint density at radius 1 is 1.07 bits per heavy atom. The molecule has 0 aliphatic carbocycles. The minimum absolute atomic E-state index is 0.0751. The summed E-state index contributed by atoms with van der Waals surface area (Å²) in [5.41, 5.74) is 0.809.